The lowest BCUT2D eigenvalue weighted by Crippen LogP contribution is -2.43. The first-order valence-electron chi connectivity index (χ1n) is 7.04. The van der Waals surface area contributed by atoms with Crippen LogP contribution >= 0.6 is 0 Å². The quantitative estimate of drug-likeness (QED) is 0.726. The fraction of sp³-hybridized carbons (Fsp3) is 0.533. The van der Waals surface area contributed by atoms with Gasteiger partial charge in [0.2, 0.25) is 0 Å². The molecule has 1 aromatic carbocycles. The molecule has 0 heterocycles. The smallest absolute Gasteiger partial charge is 0.331 e. The number of carbonyl (C=O) groups is 1. The van der Waals surface area contributed by atoms with Crippen molar-refractivity contribution in [3.05, 3.63) is 34.9 Å². The topological polar surface area (TPSA) is 23.6 Å². The van der Waals surface area contributed by atoms with Gasteiger partial charge in [-0.05, 0) is 36.6 Å². The number of hydrogen-bond acceptors (Lipinski definition) is 1. The maximum absolute atomic E-state index is 13.0. The number of urea groups is 1. The number of benzene rings is 1. The molecule has 134 valence electrons. The van der Waals surface area contributed by atoms with Crippen molar-refractivity contribution >= 4 is 6.03 Å². The van der Waals surface area contributed by atoms with Crippen LogP contribution in [0.5, 0.6) is 0 Å². The van der Waals surface area contributed by atoms with Gasteiger partial charge in [-0.2, -0.15) is 26.3 Å². The zero-order chi connectivity index (χ0) is 18.5. The van der Waals surface area contributed by atoms with E-state index in [1.807, 2.05) is 0 Å². The van der Waals surface area contributed by atoms with Crippen molar-refractivity contribution in [2.24, 2.45) is 0 Å². The van der Waals surface area contributed by atoms with Crippen molar-refractivity contribution in [3.8, 4) is 0 Å². The van der Waals surface area contributed by atoms with E-state index >= 15 is 0 Å². The van der Waals surface area contributed by atoms with Crippen LogP contribution in [-0.4, -0.2) is 37.0 Å². The number of carbonyl (C=O) groups excluding carboxylic acids is 1. The molecular weight excluding hydrogens is 338 g/mol. The first kappa shape index (κ1) is 18.4. The molecule has 0 N–H and O–H groups in total. The Hall–Kier alpha value is -1.93. The van der Waals surface area contributed by atoms with Crippen molar-refractivity contribution in [1.82, 2.24) is 9.80 Å². The maximum Gasteiger partial charge on any atom is 0.416 e. The van der Waals surface area contributed by atoms with Crippen LogP contribution in [0.3, 0.4) is 0 Å². The number of amides is 2. The van der Waals surface area contributed by atoms with Crippen molar-refractivity contribution in [2.45, 2.75) is 30.7 Å². The number of rotatable bonds is 2. The second-order valence-corrected chi connectivity index (χ2v) is 6.06. The molecule has 1 saturated carbocycles. The molecule has 1 aromatic rings. The van der Waals surface area contributed by atoms with Gasteiger partial charge in [0.15, 0.2) is 0 Å². The molecule has 24 heavy (non-hydrogen) atoms. The summed E-state index contributed by atoms with van der Waals surface area (Å²) in [6.07, 6.45) is -9.20. The molecule has 0 bridgehead atoms. The number of alkyl halides is 6. The van der Waals surface area contributed by atoms with Gasteiger partial charge >= 0.3 is 18.4 Å². The fourth-order valence-electron chi connectivity index (χ4n) is 2.64. The highest BCUT2D eigenvalue weighted by molar-refractivity contribution is 5.75. The van der Waals surface area contributed by atoms with Gasteiger partial charge in [-0.15, -0.1) is 0 Å². The van der Waals surface area contributed by atoms with Crippen LogP contribution in [0.4, 0.5) is 31.1 Å². The first-order chi connectivity index (χ1) is 10.8. The van der Waals surface area contributed by atoms with Crippen molar-refractivity contribution in [1.29, 1.82) is 0 Å². The first-order valence-corrected chi connectivity index (χ1v) is 7.04. The van der Waals surface area contributed by atoms with Crippen LogP contribution in [0.15, 0.2) is 18.2 Å². The van der Waals surface area contributed by atoms with Crippen LogP contribution < -0.4 is 0 Å². The van der Waals surface area contributed by atoms with E-state index in [9.17, 15) is 31.1 Å². The molecule has 3 nitrogen and oxygen atoms in total. The van der Waals surface area contributed by atoms with Gasteiger partial charge in [0.1, 0.15) is 0 Å². The molecule has 0 atom stereocenters. The Morgan fingerprint density at radius 3 is 1.62 bits per heavy atom. The van der Waals surface area contributed by atoms with Gasteiger partial charge in [-0.25, -0.2) is 4.79 Å². The van der Waals surface area contributed by atoms with Gasteiger partial charge in [0.25, 0.3) is 0 Å². The number of nitrogens with zero attached hydrogens (tertiary/aromatic N) is 2. The zero-order valence-corrected chi connectivity index (χ0v) is 13.2. The Balaban J connectivity index is 2.56. The fourth-order valence-corrected chi connectivity index (χ4v) is 2.64. The Kier molecular flexibility index (Phi) is 4.26. The third-order valence-corrected chi connectivity index (χ3v) is 4.16. The Morgan fingerprint density at radius 1 is 0.917 bits per heavy atom. The lowest BCUT2D eigenvalue weighted by Gasteiger charge is -2.32. The highest BCUT2D eigenvalue weighted by atomic mass is 19.4. The molecular formula is C15H16F6N2O. The molecule has 0 saturated heterocycles. The van der Waals surface area contributed by atoms with E-state index in [4.69, 9.17) is 0 Å². The predicted molar refractivity (Wildman–Crippen MR) is 74.2 cm³/mol. The van der Waals surface area contributed by atoms with Gasteiger partial charge in [0.05, 0.1) is 16.7 Å². The van der Waals surface area contributed by atoms with E-state index in [2.05, 4.69) is 0 Å². The standard InChI is InChI=1S/C15H16F6N2O/c1-22(2)12(24)23(3)13(4-5-13)9-6-10(14(16,17)18)8-11(7-9)15(19,20)21/h6-8H,4-5H2,1-3H3. The van der Waals surface area contributed by atoms with Gasteiger partial charge in [0, 0.05) is 21.1 Å². The third kappa shape index (κ3) is 3.29. The minimum atomic E-state index is -4.91. The average molecular weight is 354 g/mol. The molecule has 0 spiro atoms. The molecule has 0 radical (unpaired) electrons. The van der Waals surface area contributed by atoms with E-state index in [1.165, 1.54) is 30.9 Å². The summed E-state index contributed by atoms with van der Waals surface area (Å²) in [5.41, 5.74) is -4.03. The normalized spacial score (nSPS) is 16.7. The highest BCUT2D eigenvalue weighted by Gasteiger charge is 2.52. The molecule has 0 aliphatic heterocycles. The summed E-state index contributed by atoms with van der Waals surface area (Å²) in [7, 11) is 4.30. The summed E-state index contributed by atoms with van der Waals surface area (Å²) in [5, 5.41) is 0. The van der Waals surface area contributed by atoms with Crippen LogP contribution in [0.2, 0.25) is 0 Å². The zero-order valence-electron chi connectivity index (χ0n) is 13.2. The molecule has 0 unspecified atom stereocenters. The molecule has 9 heteroatoms. The van der Waals surface area contributed by atoms with Crippen LogP contribution in [0.25, 0.3) is 0 Å². The summed E-state index contributed by atoms with van der Waals surface area (Å²) in [5.74, 6) is 0. The summed E-state index contributed by atoms with van der Waals surface area (Å²) in [6.45, 7) is 0. The van der Waals surface area contributed by atoms with Crippen LogP contribution in [-0.2, 0) is 17.9 Å². The summed E-state index contributed by atoms with van der Waals surface area (Å²) < 4.78 is 77.9. The van der Waals surface area contributed by atoms with E-state index < -0.39 is 35.0 Å². The minimum Gasteiger partial charge on any atom is -0.331 e. The number of hydrogen-bond donors (Lipinski definition) is 0. The van der Waals surface area contributed by atoms with E-state index in [1.54, 1.807) is 0 Å². The van der Waals surface area contributed by atoms with E-state index in [0.29, 0.717) is 25.0 Å². The second-order valence-electron chi connectivity index (χ2n) is 6.06. The van der Waals surface area contributed by atoms with Gasteiger partial charge in [-0.1, -0.05) is 0 Å². The number of halogens is 6. The van der Waals surface area contributed by atoms with Gasteiger partial charge < -0.3 is 9.80 Å². The van der Waals surface area contributed by atoms with E-state index in [-0.39, 0.29) is 11.6 Å². The Bertz CT molecular complexity index is 614. The maximum atomic E-state index is 13.0. The van der Waals surface area contributed by atoms with E-state index in [0.717, 1.165) is 0 Å². The third-order valence-electron chi connectivity index (χ3n) is 4.16. The molecule has 1 fully saturated rings. The second kappa shape index (κ2) is 5.56. The van der Waals surface area contributed by atoms with Crippen molar-refractivity contribution in [3.63, 3.8) is 0 Å². The van der Waals surface area contributed by atoms with Crippen LogP contribution in [0.1, 0.15) is 29.5 Å². The van der Waals surface area contributed by atoms with Crippen LogP contribution in [0, 0.1) is 0 Å². The predicted octanol–water partition coefficient (Wildman–Crippen LogP) is 4.33. The molecule has 1 aliphatic carbocycles. The minimum absolute atomic E-state index is 0.0906. The average Bonchev–Trinajstić information content (AvgIpc) is 3.25. The molecule has 2 amide bonds. The summed E-state index contributed by atoms with van der Waals surface area (Å²) in [6, 6.07) is 0.995. The summed E-state index contributed by atoms with van der Waals surface area (Å²) >= 11 is 0. The molecule has 2 rings (SSSR count). The summed E-state index contributed by atoms with van der Waals surface area (Å²) in [4.78, 5) is 14.5. The Morgan fingerprint density at radius 2 is 1.33 bits per heavy atom. The molecule has 1 aliphatic rings. The van der Waals surface area contributed by atoms with Crippen molar-refractivity contribution in [2.75, 3.05) is 21.1 Å². The largest absolute Gasteiger partial charge is 0.416 e. The lowest BCUT2D eigenvalue weighted by atomic mass is 9.97. The van der Waals surface area contributed by atoms with Gasteiger partial charge in [-0.3, -0.25) is 0 Å². The lowest BCUT2D eigenvalue weighted by molar-refractivity contribution is -0.143. The highest BCUT2D eigenvalue weighted by Crippen LogP contribution is 2.52. The Labute approximate surface area is 134 Å². The van der Waals surface area contributed by atoms with Crippen molar-refractivity contribution < 1.29 is 31.1 Å². The molecule has 0 aromatic heterocycles. The monoisotopic (exact) mass is 354 g/mol. The SMILES string of the molecule is CN(C)C(=O)N(C)C1(c2cc(C(F)(F)F)cc(C(F)(F)F)c2)CC1.